The zero-order chi connectivity index (χ0) is 9.14. The molecule has 0 heterocycles. The molecule has 0 saturated heterocycles. The molecular formula is C8H10F3N. The van der Waals surface area contributed by atoms with E-state index in [1.165, 1.54) is 0 Å². The van der Waals surface area contributed by atoms with Crippen molar-refractivity contribution in [3.05, 3.63) is 35.1 Å². The summed E-state index contributed by atoms with van der Waals surface area (Å²) in [5, 5.41) is 2.61. The number of hydrogen-bond acceptors (Lipinski definition) is 1. The van der Waals surface area contributed by atoms with Crippen molar-refractivity contribution < 1.29 is 14.6 Å². The highest BCUT2D eigenvalue weighted by Crippen LogP contribution is 2.13. The summed E-state index contributed by atoms with van der Waals surface area (Å²) >= 11 is 0. The standard InChI is InChI=1S/C8H8F3N.H2/c1-12-4-5-2-6(9)3-7(10)8(5)11;/h2-3,12H,4H2,1H3;1H. The van der Waals surface area contributed by atoms with Crippen LogP contribution in [0.15, 0.2) is 12.1 Å². The van der Waals surface area contributed by atoms with Crippen LogP contribution in [0.2, 0.25) is 0 Å². The van der Waals surface area contributed by atoms with Crippen LogP contribution < -0.4 is 5.32 Å². The van der Waals surface area contributed by atoms with E-state index in [-0.39, 0.29) is 13.5 Å². The number of nitrogens with one attached hydrogen (secondary N) is 1. The molecule has 0 unspecified atom stereocenters. The van der Waals surface area contributed by atoms with Gasteiger partial charge >= 0.3 is 0 Å². The molecule has 1 N–H and O–H groups in total. The number of rotatable bonds is 2. The van der Waals surface area contributed by atoms with Crippen LogP contribution in [0.25, 0.3) is 0 Å². The van der Waals surface area contributed by atoms with Gasteiger partial charge in [0, 0.05) is 19.6 Å². The minimum Gasteiger partial charge on any atom is -0.316 e. The van der Waals surface area contributed by atoms with E-state index in [1.54, 1.807) is 7.05 Å². The van der Waals surface area contributed by atoms with E-state index in [4.69, 9.17) is 0 Å². The fourth-order valence-electron chi connectivity index (χ4n) is 0.928. The van der Waals surface area contributed by atoms with Crippen molar-refractivity contribution >= 4 is 0 Å². The molecule has 68 valence electrons. The number of hydrogen-bond donors (Lipinski definition) is 1. The summed E-state index contributed by atoms with van der Waals surface area (Å²) in [6.45, 7) is 0.112. The summed E-state index contributed by atoms with van der Waals surface area (Å²) in [5.41, 5.74) is -0.00463. The first-order valence-electron chi connectivity index (χ1n) is 3.43. The molecule has 0 aliphatic rings. The first kappa shape index (κ1) is 9.06. The summed E-state index contributed by atoms with van der Waals surface area (Å²) in [5.74, 6) is -2.91. The van der Waals surface area contributed by atoms with Crippen LogP contribution in [0.5, 0.6) is 0 Å². The first-order chi connectivity index (χ1) is 5.65. The Hall–Kier alpha value is -1.03. The Balaban J connectivity index is 0.00000144. The van der Waals surface area contributed by atoms with Crippen molar-refractivity contribution in [3.8, 4) is 0 Å². The molecule has 1 rings (SSSR count). The van der Waals surface area contributed by atoms with Crippen LogP contribution >= 0.6 is 0 Å². The Kier molecular flexibility index (Phi) is 2.70. The molecule has 0 aliphatic carbocycles. The maximum atomic E-state index is 12.8. The van der Waals surface area contributed by atoms with Crippen molar-refractivity contribution in [2.75, 3.05) is 7.05 Å². The molecule has 1 nitrogen and oxygen atoms in total. The average Bonchev–Trinajstić information content (AvgIpc) is 2.00. The Morgan fingerprint density at radius 3 is 2.58 bits per heavy atom. The van der Waals surface area contributed by atoms with E-state index in [2.05, 4.69) is 5.32 Å². The minimum absolute atomic E-state index is 0. The smallest absolute Gasteiger partial charge is 0.163 e. The zero-order valence-corrected chi connectivity index (χ0v) is 6.50. The van der Waals surface area contributed by atoms with Gasteiger partial charge in [-0.25, -0.2) is 13.2 Å². The van der Waals surface area contributed by atoms with Gasteiger partial charge in [0.05, 0.1) is 0 Å². The van der Waals surface area contributed by atoms with Gasteiger partial charge < -0.3 is 5.32 Å². The lowest BCUT2D eigenvalue weighted by Crippen LogP contribution is -2.08. The van der Waals surface area contributed by atoms with E-state index in [0.29, 0.717) is 6.07 Å². The molecule has 1 aromatic rings. The SMILES string of the molecule is CNCc1cc(F)cc(F)c1F.[HH]. The summed E-state index contributed by atoms with van der Waals surface area (Å²) < 4.78 is 37.8. The van der Waals surface area contributed by atoms with Gasteiger partial charge in [-0.1, -0.05) is 0 Å². The van der Waals surface area contributed by atoms with Gasteiger partial charge in [0.25, 0.3) is 0 Å². The summed E-state index contributed by atoms with van der Waals surface area (Å²) in [4.78, 5) is 0. The third kappa shape index (κ3) is 1.76. The van der Waals surface area contributed by atoms with Crippen molar-refractivity contribution in [1.82, 2.24) is 5.32 Å². The third-order valence-electron chi connectivity index (χ3n) is 1.44. The van der Waals surface area contributed by atoms with E-state index < -0.39 is 17.5 Å². The second-order valence-electron chi connectivity index (χ2n) is 2.39. The second kappa shape index (κ2) is 3.58. The highest BCUT2D eigenvalue weighted by atomic mass is 19.2. The molecule has 0 radical (unpaired) electrons. The van der Waals surface area contributed by atoms with Crippen molar-refractivity contribution in [2.24, 2.45) is 0 Å². The van der Waals surface area contributed by atoms with Crippen LogP contribution in [-0.2, 0) is 6.54 Å². The average molecular weight is 177 g/mol. The molecule has 1 aromatic carbocycles. The maximum absolute atomic E-state index is 12.8. The first-order valence-corrected chi connectivity index (χ1v) is 3.43. The van der Waals surface area contributed by atoms with Gasteiger partial charge in [-0.15, -0.1) is 0 Å². The molecular weight excluding hydrogens is 167 g/mol. The Morgan fingerprint density at radius 1 is 1.33 bits per heavy atom. The summed E-state index contributed by atoms with van der Waals surface area (Å²) in [6.07, 6.45) is 0. The number of benzene rings is 1. The van der Waals surface area contributed by atoms with Crippen LogP contribution in [0.3, 0.4) is 0 Å². The summed E-state index contributed by atoms with van der Waals surface area (Å²) in [6, 6.07) is 1.49. The predicted octanol–water partition coefficient (Wildman–Crippen LogP) is 2.07. The van der Waals surface area contributed by atoms with Gasteiger partial charge in [-0.2, -0.15) is 0 Å². The second-order valence-corrected chi connectivity index (χ2v) is 2.39. The summed E-state index contributed by atoms with van der Waals surface area (Å²) in [7, 11) is 1.57. The zero-order valence-electron chi connectivity index (χ0n) is 6.50. The molecule has 0 amide bonds. The highest BCUT2D eigenvalue weighted by molar-refractivity contribution is 5.20. The molecule has 0 fully saturated rings. The van der Waals surface area contributed by atoms with E-state index >= 15 is 0 Å². The molecule has 4 heteroatoms. The monoisotopic (exact) mass is 177 g/mol. The van der Waals surface area contributed by atoms with Crippen LogP contribution in [0.1, 0.15) is 6.99 Å². The molecule has 0 saturated carbocycles. The lowest BCUT2D eigenvalue weighted by atomic mass is 10.2. The predicted molar refractivity (Wildman–Crippen MR) is 41.2 cm³/mol. The van der Waals surface area contributed by atoms with Crippen molar-refractivity contribution in [2.45, 2.75) is 6.54 Å². The normalized spacial score (nSPS) is 10.3. The van der Waals surface area contributed by atoms with Gasteiger partial charge in [-0.05, 0) is 13.1 Å². The van der Waals surface area contributed by atoms with Crippen molar-refractivity contribution in [1.29, 1.82) is 0 Å². The molecule has 12 heavy (non-hydrogen) atoms. The molecule has 0 bridgehead atoms. The molecule has 0 aliphatic heterocycles. The van der Waals surface area contributed by atoms with Crippen LogP contribution in [-0.4, -0.2) is 7.05 Å². The highest BCUT2D eigenvalue weighted by Gasteiger charge is 2.09. The number of halogens is 3. The molecule has 0 atom stereocenters. The van der Waals surface area contributed by atoms with Gasteiger partial charge in [0.2, 0.25) is 0 Å². The van der Waals surface area contributed by atoms with Gasteiger partial charge in [0.1, 0.15) is 5.82 Å². The third-order valence-corrected chi connectivity index (χ3v) is 1.44. The topological polar surface area (TPSA) is 12.0 Å². The van der Waals surface area contributed by atoms with E-state index in [1.807, 2.05) is 0 Å². The largest absolute Gasteiger partial charge is 0.316 e. The lowest BCUT2D eigenvalue weighted by Gasteiger charge is -2.02. The Morgan fingerprint density at radius 2 is 2.00 bits per heavy atom. The fourth-order valence-corrected chi connectivity index (χ4v) is 0.928. The lowest BCUT2D eigenvalue weighted by molar-refractivity contribution is 0.482. The van der Waals surface area contributed by atoms with Gasteiger partial charge in [0.15, 0.2) is 11.6 Å². The quantitative estimate of drug-likeness (QED) is 0.682. The van der Waals surface area contributed by atoms with Crippen molar-refractivity contribution in [3.63, 3.8) is 0 Å². The Bertz CT molecular complexity index is 291. The minimum atomic E-state index is -1.15. The van der Waals surface area contributed by atoms with E-state index in [0.717, 1.165) is 6.07 Å². The maximum Gasteiger partial charge on any atom is 0.163 e. The molecule has 0 aromatic heterocycles. The molecule has 0 spiro atoms. The Labute approximate surface area is 69.7 Å². The van der Waals surface area contributed by atoms with E-state index in [9.17, 15) is 13.2 Å². The van der Waals surface area contributed by atoms with Gasteiger partial charge in [-0.3, -0.25) is 0 Å². The fraction of sp³-hybridized carbons (Fsp3) is 0.250. The van der Waals surface area contributed by atoms with Crippen LogP contribution in [0, 0.1) is 17.5 Å². The van der Waals surface area contributed by atoms with Crippen LogP contribution in [0.4, 0.5) is 13.2 Å².